The van der Waals surface area contributed by atoms with Crippen molar-refractivity contribution in [2.75, 3.05) is 0 Å². The van der Waals surface area contributed by atoms with Crippen LogP contribution in [0.1, 0.15) is 95.7 Å². The lowest BCUT2D eigenvalue weighted by Gasteiger charge is -2.03. The lowest BCUT2D eigenvalue weighted by Crippen LogP contribution is -2.03. The Hall–Kier alpha value is -1.65. The smallest absolute Gasteiger partial charge is 0.303 e. The number of H-pyrrole nitrogens is 1. The summed E-state index contributed by atoms with van der Waals surface area (Å²) >= 11 is 0. The average Bonchev–Trinajstić information content (AvgIpc) is 3.07. The molecule has 5 heteroatoms. The Morgan fingerprint density at radius 1 is 0.800 bits per heavy atom. The highest BCUT2D eigenvalue weighted by Gasteiger charge is 2.05. The summed E-state index contributed by atoms with van der Waals surface area (Å²) in [6.45, 7) is 0. The fraction of sp³-hybridized carbons (Fsp3) is 0.750. The molecule has 0 atom stereocenters. The second-order valence-corrected chi connectivity index (χ2v) is 6.89. The Morgan fingerprint density at radius 2 is 1.28 bits per heavy atom. The number of aliphatic carboxylic acids is 1. The number of carbonyl (C=O) groups is 2. The van der Waals surface area contributed by atoms with Crippen LogP contribution < -0.4 is 0 Å². The summed E-state index contributed by atoms with van der Waals surface area (Å²) in [5.74, 6) is 0.368. The zero-order chi connectivity index (χ0) is 18.2. The molecule has 0 saturated heterocycles. The van der Waals surface area contributed by atoms with E-state index in [9.17, 15) is 9.59 Å². The lowest BCUT2D eigenvalue weighted by molar-refractivity contribution is -0.137. The largest absolute Gasteiger partial charge is 0.481 e. The van der Waals surface area contributed by atoms with E-state index in [4.69, 9.17) is 5.11 Å². The number of nitrogens with zero attached hydrogens (tertiary/aromatic N) is 1. The maximum Gasteiger partial charge on any atom is 0.303 e. The first kappa shape index (κ1) is 21.4. The minimum Gasteiger partial charge on any atom is -0.481 e. The summed E-state index contributed by atoms with van der Waals surface area (Å²) in [5.41, 5.74) is 0. The van der Waals surface area contributed by atoms with Gasteiger partial charge in [-0.2, -0.15) is 0 Å². The fourth-order valence-electron chi connectivity index (χ4n) is 3.04. The fourth-order valence-corrected chi connectivity index (χ4v) is 3.04. The number of ketones is 1. The molecule has 0 radical (unpaired) electrons. The third-order valence-corrected chi connectivity index (χ3v) is 4.52. The van der Waals surface area contributed by atoms with E-state index < -0.39 is 5.97 Å². The van der Waals surface area contributed by atoms with Gasteiger partial charge in [0.2, 0.25) is 0 Å². The maximum absolute atomic E-state index is 11.8. The Labute approximate surface area is 151 Å². The molecular formula is C20H34N2O3. The first-order valence-electron chi connectivity index (χ1n) is 9.90. The van der Waals surface area contributed by atoms with Gasteiger partial charge in [-0.1, -0.05) is 64.2 Å². The van der Waals surface area contributed by atoms with Gasteiger partial charge in [0.15, 0.2) is 0 Å². The number of carbonyl (C=O) groups excluding carboxylic acids is 1. The summed E-state index contributed by atoms with van der Waals surface area (Å²) in [5, 5.41) is 8.55. The van der Waals surface area contributed by atoms with E-state index in [1.165, 1.54) is 51.4 Å². The van der Waals surface area contributed by atoms with Crippen molar-refractivity contribution >= 4 is 11.8 Å². The molecule has 0 fully saturated rings. The second kappa shape index (κ2) is 14.7. The first-order chi connectivity index (χ1) is 12.2. The monoisotopic (exact) mass is 350 g/mol. The normalized spacial score (nSPS) is 10.9. The van der Waals surface area contributed by atoms with Gasteiger partial charge >= 0.3 is 5.97 Å². The molecule has 0 aliphatic carbocycles. The molecule has 5 nitrogen and oxygen atoms in total. The van der Waals surface area contributed by atoms with Crippen LogP contribution in [0.15, 0.2) is 12.4 Å². The van der Waals surface area contributed by atoms with Gasteiger partial charge in [-0.05, 0) is 12.8 Å². The van der Waals surface area contributed by atoms with E-state index >= 15 is 0 Å². The zero-order valence-corrected chi connectivity index (χ0v) is 15.5. The average molecular weight is 351 g/mol. The number of unbranched alkanes of at least 4 members (excludes halogenated alkanes) is 11. The number of hydrogen-bond acceptors (Lipinski definition) is 3. The van der Waals surface area contributed by atoms with Crippen molar-refractivity contribution in [3.8, 4) is 0 Å². The third kappa shape index (κ3) is 13.3. The van der Waals surface area contributed by atoms with Gasteiger partial charge < -0.3 is 10.1 Å². The van der Waals surface area contributed by atoms with Gasteiger partial charge in [-0.25, -0.2) is 4.98 Å². The highest BCUT2D eigenvalue weighted by molar-refractivity contribution is 5.80. The second-order valence-electron chi connectivity index (χ2n) is 6.89. The molecule has 2 N–H and O–H groups in total. The van der Waals surface area contributed by atoms with Crippen molar-refractivity contribution in [1.82, 2.24) is 9.97 Å². The van der Waals surface area contributed by atoms with E-state index in [0.717, 1.165) is 31.5 Å². The molecular weight excluding hydrogens is 316 g/mol. The standard InChI is InChI=1S/C20H34N2O3/c23-18(17-19-21-15-16-22-19)13-11-9-7-5-3-1-2-4-6-8-10-12-14-20(24)25/h15-16H,1-14,17H2,(H,21,22)(H,24,25). The third-order valence-electron chi connectivity index (χ3n) is 4.52. The summed E-state index contributed by atoms with van der Waals surface area (Å²) < 4.78 is 0. The molecule has 142 valence electrons. The van der Waals surface area contributed by atoms with Gasteiger partial charge in [-0.3, -0.25) is 9.59 Å². The molecule has 0 aliphatic rings. The zero-order valence-electron chi connectivity index (χ0n) is 15.5. The summed E-state index contributed by atoms with van der Waals surface area (Å²) in [6, 6.07) is 0. The number of aromatic nitrogens is 2. The summed E-state index contributed by atoms with van der Waals surface area (Å²) in [6.07, 6.45) is 18.9. The van der Waals surface area contributed by atoms with E-state index in [2.05, 4.69) is 9.97 Å². The molecule has 1 heterocycles. The molecule has 0 amide bonds. The van der Waals surface area contributed by atoms with Crippen molar-refractivity contribution < 1.29 is 14.7 Å². The number of rotatable bonds is 17. The number of carboxylic acid groups (broad SMARTS) is 1. The van der Waals surface area contributed by atoms with Crippen LogP contribution in [0.4, 0.5) is 0 Å². The Morgan fingerprint density at radius 3 is 1.72 bits per heavy atom. The minimum absolute atomic E-state index is 0.276. The van der Waals surface area contributed by atoms with Crippen LogP contribution in [0.25, 0.3) is 0 Å². The van der Waals surface area contributed by atoms with E-state index in [1.54, 1.807) is 12.4 Å². The van der Waals surface area contributed by atoms with Crippen molar-refractivity contribution in [3.05, 3.63) is 18.2 Å². The first-order valence-corrected chi connectivity index (χ1v) is 9.90. The van der Waals surface area contributed by atoms with Crippen LogP contribution in [-0.2, 0) is 16.0 Å². The summed E-state index contributed by atoms with van der Waals surface area (Å²) in [7, 11) is 0. The van der Waals surface area contributed by atoms with Gasteiger partial charge in [0.25, 0.3) is 0 Å². The molecule has 0 bridgehead atoms. The predicted molar refractivity (Wildman–Crippen MR) is 99.6 cm³/mol. The number of aromatic amines is 1. The molecule has 0 aromatic carbocycles. The molecule has 0 aliphatic heterocycles. The van der Waals surface area contributed by atoms with Crippen LogP contribution in [0, 0.1) is 0 Å². The van der Waals surface area contributed by atoms with Crippen LogP contribution in [0.5, 0.6) is 0 Å². The van der Waals surface area contributed by atoms with Crippen LogP contribution >= 0.6 is 0 Å². The SMILES string of the molecule is O=C(O)CCCCCCCCCCCCCCC(=O)Cc1ncc[nH]1. The van der Waals surface area contributed by atoms with Gasteiger partial charge in [0, 0.05) is 25.2 Å². The minimum atomic E-state index is -0.679. The molecule has 0 spiro atoms. The van der Waals surface area contributed by atoms with Gasteiger partial charge in [-0.15, -0.1) is 0 Å². The number of imidazole rings is 1. The molecule has 25 heavy (non-hydrogen) atoms. The maximum atomic E-state index is 11.8. The number of Topliss-reactive ketones (excluding diaryl/α,β-unsaturated/α-hetero) is 1. The molecule has 0 unspecified atom stereocenters. The number of carboxylic acids is 1. The highest BCUT2D eigenvalue weighted by Crippen LogP contribution is 2.13. The van der Waals surface area contributed by atoms with E-state index in [1.807, 2.05) is 0 Å². The lowest BCUT2D eigenvalue weighted by atomic mass is 10.0. The van der Waals surface area contributed by atoms with Crippen LogP contribution in [-0.4, -0.2) is 26.8 Å². The van der Waals surface area contributed by atoms with Crippen LogP contribution in [0.3, 0.4) is 0 Å². The van der Waals surface area contributed by atoms with Crippen molar-refractivity contribution in [2.45, 2.75) is 96.3 Å². The van der Waals surface area contributed by atoms with E-state index in [0.29, 0.717) is 19.3 Å². The molecule has 1 rings (SSSR count). The number of nitrogens with one attached hydrogen (secondary N) is 1. The molecule has 0 saturated carbocycles. The Kier molecular flexibility index (Phi) is 12.6. The van der Waals surface area contributed by atoms with Crippen molar-refractivity contribution in [1.29, 1.82) is 0 Å². The Balaban J connectivity index is 1.76. The van der Waals surface area contributed by atoms with Crippen molar-refractivity contribution in [2.24, 2.45) is 0 Å². The number of hydrogen-bond donors (Lipinski definition) is 2. The molecule has 1 aromatic rings. The summed E-state index contributed by atoms with van der Waals surface area (Å²) in [4.78, 5) is 29.2. The highest BCUT2D eigenvalue weighted by atomic mass is 16.4. The Bertz CT molecular complexity index is 458. The quantitative estimate of drug-likeness (QED) is 0.384. The predicted octanol–water partition coefficient (Wildman–Crippen LogP) is 5.07. The molecule has 1 aromatic heterocycles. The van der Waals surface area contributed by atoms with Crippen molar-refractivity contribution in [3.63, 3.8) is 0 Å². The van der Waals surface area contributed by atoms with E-state index in [-0.39, 0.29) is 5.78 Å². The van der Waals surface area contributed by atoms with Gasteiger partial charge in [0.1, 0.15) is 11.6 Å². The van der Waals surface area contributed by atoms with Crippen LogP contribution in [0.2, 0.25) is 0 Å². The topological polar surface area (TPSA) is 83.0 Å². The van der Waals surface area contributed by atoms with Gasteiger partial charge in [0.05, 0.1) is 6.42 Å².